The first-order chi connectivity index (χ1) is 11.8. The molecular formula is C22H43NO2. The normalized spacial score (nSPS) is 17.7. The number of hydrogen-bond donors (Lipinski definition) is 1. The second kappa shape index (κ2) is 21.1. The highest BCUT2D eigenvalue weighted by molar-refractivity contribution is 5.80. The molecule has 1 rings (SSSR count). The molecule has 0 radical (unpaired) electrons. The van der Waals surface area contributed by atoms with Crippen LogP contribution in [0.4, 0.5) is 0 Å². The predicted octanol–water partition coefficient (Wildman–Crippen LogP) is 7.00. The molecule has 0 aliphatic heterocycles. The number of allylic oxidation sites excluding steroid dienone is 1. The number of unbranched alkanes of at least 4 members (excludes halogenated alkanes) is 6. The van der Waals surface area contributed by atoms with Gasteiger partial charge in [0, 0.05) is 12.3 Å². The van der Waals surface area contributed by atoms with Crippen molar-refractivity contribution in [3.05, 3.63) is 6.08 Å². The van der Waals surface area contributed by atoms with Gasteiger partial charge in [0.1, 0.15) is 11.7 Å². The molecule has 0 saturated heterocycles. The van der Waals surface area contributed by atoms with Crippen molar-refractivity contribution in [2.45, 2.75) is 117 Å². The maximum absolute atomic E-state index is 12.1. The van der Waals surface area contributed by atoms with Crippen LogP contribution in [0.3, 0.4) is 0 Å². The fourth-order valence-electron chi connectivity index (χ4n) is 3.32. The highest BCUT2D eigenvalue weighted by Gasteiger charge is 2.18. The lowest BCUT2D eigenvalue weighted by molar-refractivity contribution is -0.123. The summed E-state index contributed by atoms with van der Waals surface area (Å²) in [6.45, 7) is 4.16. The summed E-state index contributed by atoms with van der Waals surface area (Å²) in [5.41, 5.74) is 0. The van der Waals surface area contributed by atoms with E-state index < -0.39 is 0 Å². The second-order valence-electron chi connectivity index (χ2n) is 7.11. The van der Waals surface area contributed by atoms with E-state index in [-0.39, 0.29) is 6.15 Å². The fourth-order valence-corrected chi connectivity index (χ4v) is 3.32. The van der Waals surface area contributed by atoms with Crippen LogP contribution in [0.25, 0.3) is 0 Å². The Balaban J connectivity index is 0. The second-order valence-corrected chi connectivity index (χ2v) is 7.11. The van der Waals surface area contributed by atoms with Crippen molar-refractivity contribution < 1.29 is 9.59 Å². The van der Waals surface area contributed by atoms with Crippen LogP contribution in [0.2, 0.25) is 0 Å². The molecule has 0 spiro atoms. The third-order valence-corrected chi connectivity index (χ3v) is 4.87. The van der Waals surface area contributed by atoms with Crippen molar-refractivity contribution in [2.24, 2.45) is 5.92 Å². The minimum atomic E-state index is 0. The molecule has 1 fully saturated rings. The van der Waals surface area contributed by atoms with Crippen LogP contribution in [0.15, 0.2) is 6.08 Å². The van der Waals surface area contributed by atoms with Crippen LogP contribution in [0.1, 0.15) is 117 Å². The van der Waals surface area contributed by atoms with Crippen molar-refractivity contribution in [1.29, 1.82) is 0 Å². The zero-order valence-corrected chi connectivity index (χ0v) is 17.0. The number of hydrogen-bond acceptors (Lipinski definition) is 3. The number of ketones is 1. The number of Topliss-reactive ketones (excluding diaryl/α,β-unsaturated/α-hetero) is 1. The Morgan fingerprint density at radius 2 is 1.52 bits per heavy atom. The van der Waals surface area contributed by atoms with Crippen LogP contribution in [-0.2, 0) is 9.59 Å². The van der Waals surface area contributed by atoms with E-state index in [1.807, 2.05) is 6.92 Å². The Hall–Kier alpha value is -0.920. The van der Waals surface area contributed by atoms with Gasteiger partial charge in [0.05, 0.1) is 0 Å². The van der Waals surface area contributed by atoms with Crippen molar-refractivity contribution >= 4 is 11.7 Å². The Kier molecular flexibility index (Phi) is 22.2. The van der Waals surface area contributed by atoms with Gasteiger partial charge in [0.2, 0.25) is 0 Å². The lowest BCUT2D eigenvalue weighted by atomic mass is 9.90. The standard InChI is InChI=1S/C18H34O.C4H6O.H3N/c1-2-3-4-5-6-8-11-14-17-15-12-9-7-10-13-16-18(17)19;1-2-3-4-5;/h17H,2-16H2,1H3;3H,2H2,1H3;1H3. The van der Waals surface area contributed by atoms with Gasteiger partial charge in [-0.25, -0.2) is 4.79 Å². The van der Waals surface area contributed by atoms with Gasteiger partial charge in [-0.2, -0.15) is 0 Å². The molecule has 0 aromatic rings. The number of rotatable bonds is 9. The Morgan fingerprint density at radius 3 is 2.12 bits per heavy atom. The fraction of sp³-hybridized carbons (Fsp3) is 0.864. The van der Waals surface area contributed by atoms with E-state index in [0.29, 0.717) is 11.7 Å². The minimum Gasteiger partial charge on any atom is -0.344 e. The molecule has 0 aromatic carbocycles. The van der Waals surface area contributed by atoms with Gasteiger partial charge in [-0.3, -0.25) is 4.79 Å². The SMILES string of the molecule is CCC=C=O.CCCCCCCCCC1CCCCCCCC1=O.N. The zero-order chi connectivity index (χ0) is 17.9. The van der Waals surface area contributed by atoms with Gasteiger partial charge in [-0.1, -0.05) is 84.5 Å². The van der Waals surface area contributed by atoms with Gasteiger partial charge < -0.3 is 6.15 Å². The van der Waals surface area contributed by atoms with E-state index in [2.05, 4.69) is 6.92 Å². The Labute approximate surface area is 156 Å². The first kappa shape index (κ1) is 26.3. The van der Waals surface area contributed by atoms with Gasteiger partial charge in [-0.15, -0.1) is 0 Å². The van der Waals surface area contributed by atoms with E-state index in [0.717, 1.165) is 19.3 Å². The molecule has 3 N–H and O–H groups in total. The smallest absolute Gasteiger partial charge is 0.135 e. The maximum atomic E-state index is 12.1. The van der Waals surface area contributed by atoms with Gasteiger partial charge in [0.25, 0.3) is 0 Å². The molecular weight excluding hydrogens is 310 g/mol. The average molecular weight is 354 g/mol. The molecule has 1 atom stereocenters. The monoisotopic (exact) mass is 353 g/mol. The quantitative estimate of drug-likeness (QED) is 0.358. The lowest BCUT2D eigenvalue weighted by Gasteiger charge is -2.14. The average Bonchev–Trinajstić information content (AvgIpc) is 2.68. The summed E-state index contributed by atoms with van der Waals surface area (Å²) in [6.07, 6.45) is 21.4. The summed E-state index contributed by atoms with van der Waals surface area (Å²) < 4.78 is 0. The first-order valence-corrected chi connectivity index (χ1v) is 10.5. The highest BCUT2D eigenvalue weighted by atomic mass is 16.1. The van der Waals surface area contributed by atoms with E-state index in [1.165, 1.54) is 89.5 Å². The predicted molar refractivity (Wildman–Crippen MR) is 109 cm³/mol. The van der Waals surface area contributed by atoms with Crippen LogP contribution >= 0.6 is 0 Å². The van der Waals surface area contributed by atoms with Gasteiger partial charge in [0.15, 0.2) is 0 Å². The van der Waals surface area contributed by atoms with Crippen molar-refractivity contribution in [1.82, 2.24) is 6.15 Å². The maximum Gasteiger partial charge on any atom is 0.135 e. The molecule has 0 aromatic heterocycles. The summed E-state index contributed by atoms with van der Waals surface area (Å²) in [6, 6.07) is 0. The molecule has 25 heavy (non-hydrogen) atoms. The molecule has 1 unspecified atom stereocenters. The zero-order valence-electron chi connectivity index (χ0n) is 17.0. The van der Waals surface area contributed by atoms with Gasteiger partial charge in [-0.05, 0) is 31.8 Å². The largest absolute Gasteiger partial charge is 0.344 e. The third kappa shape index (κ3) is 17.7. The number of carbonyl (C=O) groups is 1. The summed E-state index contributed by atoms with van der Waals surface area (Å²) in [5.74, 6) is 2.63. The van der Waals surface area contributed by atoms with Crippen LogP contribution in [-0.4, -0.2) is 11.7 Å². The van der Waals surface area contributed by atoms with Crippen molar-refractivity contribution in [3.63, 3.8) is 0 Å². The van der Waals surface area contributed by atoms with E-state index in [1.54, 1.807) is 5.94 Å². The highest BCUT2D eigenvalue weighted by Crippen LogP contribution is 2.24. The molecule has 0 bridgehead atoms. The van der Waals surface area contributed by atoms with E-state index >= 15 is 0 Å². The van der Waals surface area contributed by atoms with Crippen molar-refractivity contribution in [2.75, 3.05) is 0 Å². The molecule has 3 heteroatoms. The summed E-state index contributed by atoms with van der Waals surface area (Å²) in [5, 5.41) is 0. The minimum absolute atomic E-state index is 0. The molecule has 1 aliphatic carbocycles. The number of carbonyl (C=O) groups excluding carboxylic acids is 2. The first-order valence-electron chi connectivity index (χ1n) is 10.5. The summed E-state index contributed by atoms with van der Waals surface area (Å²) in [4.78, 5) is 21.3. The molecule has 3 nitrogen and oxygen atoms in total. The molecule has 0 amide bonds. The van der Waals surface area contributed by atoms with Crippen LogP contribution < -0.4 is 6.15 Å². The molecule has 1 saturated carbocycles. The Morgan fingerprint density at radius 1 is 0.920 bits per heavy atom. The van der Waals surface area contributed by atoms with Gasteiger partial charge >= 0.3 is 0 Å². The third-order valence-electron chi connectivity index (χ3n) is 4.87. The van der Waals surface area contributed by atoms with Crippen LogP contribution in [0, 0.1) is 5.92 Å². The van der Waals surface area contributed by atoms with E-state index in [4.69, 9.17) is 0 Å². The topological polar surface area (TPSA) is 69.1 Å². The van der Waals surface area contributed by atoms with Crippen molar-refractivity contribution in [3.8, 4) is 0 Å². The summed E-state index contributed by atoms with van der Waals surface area (Å²) in [7, 11) is 0. The lowest BCUT2D eigenvalue weighted by Crippen LogP contribution is -2.14. The molecule has 148 valence electrons. The summed E-state index contributed by atoms with van der Waals surface area (Å²) >= 11 is 0. The molecule has 0 heterocycles. The molecule has 1 aliphatic rings. The Bertz CT molecular complexity index is 335. The van der Waals surface area contributed by atoms with E-state index in [9.17, 15) is 9.59 Å². The van der Waals surface area contributed by atoms with Crippen LogP contribution in [0.5, 0.6) is 0 Å².